The van der Waals surface area contributed by atoms with E-state index in [1.807, 2.05) is 0 Å². The SMILES string of the molecule is CCCCCC1CCC(COc2ccc(O)c(F)c2F)CC1. The highest BCUT2D eigenvalue weighted by molar-refractivity contribution is 5.33. The van der Waals surface area contributed by atoms with Gasteiger partial charge in [-0.2, -0.15) is 8.78 Å². The molecule has 0 bridgehead atoms. The monoisotopic (exact) mass is 312 g/mol. The maximum atomic E-state index is 13.6. The summed E-state index contributed by atoms with van der Waals surface area (Å²) in [6, 6.07) is 2.41. The Bertz CT molecular complexity index is 468. The number of ether oxygens (including phenoxy) is 1. The highest BCUT2D eigenvalue weighted by Crippen LogP contribution is 2.33. The van der Waals surface area contributed by atoms with Crippen molar-refractivity contribution in [3.63, 3.8) is 0 Å². The third-order valence-corrected chi connectivity index (χ3v) is 4.68. The second-order valence-electron chi connectivity index (χ2n) is 6.40. The molecular weight excluding hydrogens is 286 g/mol. The van der Waals surface area contributed by atoms with Crippen LogP contribution >= 0.6 is 0 Å². The molecule has 1 saturated carbocycles. The van der Waals surface area contributed by atoms with Gasteiger partial charge in [-0.05, 0) is 36.8 Å². The molecule has 0 aromatic heterocycles. The lowest BCUT2D eigenvalue weighted by atomic mass is 9.80. The molecule has 0 atom stereocenters. The van der Waals surface area contributed by atoms with E-state index in [2.05, 4.69) is 6.92 Å². The zero-order valence-corrected chi connectivity index (χ0v) is 13.3. The second-order valence-corrected chi connectivity index (χ2v) is 6.40. The van der Waals surface area contributed by atoms with E-state index in [9.17, 15) is 8.78 Å². The van der Waals surface area contributed by atoms with Gasteiger partial charge in [-0.3, -0.25) is 0 Å². The smallest absolute Gasteiger partial charge is 0.204 e. The van der Waals surface area contributed by atoms with Gasteiger partial charge in [0.15, 0.2) is 11.5 Å². The van der Waals surface area contributed by atoms with Crippen LogP contribution in [-0.4, -0.2) is 11.7 Å². The van der Waals surface area contributed by atoms with Gasteiger partial charge in [-0.1, -0.05) is 45.4 Å². The van der Waals surface area contributed by atoms with E-state index < -0.39 is 17.4 Å². The summed E-state index contributed by atoms with van der Waals surface area (Å²) in [4.78, 5) is 0. The minimum absolute atomic E-state index is 0.111. The quantitative estimate of drug-likeness (QED) is 0.680. The fraction of sp³-hybridized carbons (Fsp3) is 0.667. The second kappa shape index (κ2) is 8.35. The summed E-state index contributed by atoms with van der Waals surface area (Å²) in [6.45, 7) is 2.64. The molecule has 0 aliphatic heterocycles. The molecule has 1 aliphatic carbocycles. The summed E-state index contributed by atoms with van der Waals surface area (Å²) in [6.07, 6.45) is 9.83. The Balaban J connectivity index is 1.74. The van der Waals surface area contributed by atoms with Crippen LogP contribution in [0.2, 0.25) is 0 Å². The Morgan fingerprint density at radius 3 is 2.41 bits per heavy atom. The number of unbranched alkanes of at least 4 members (excludes halogenated alkanes) is 2. The van der Waals surface area contributed by atoms with E-state index in [1.54, 1.807) is 0 Å². The molecule has 1 aliphatic rings. The van der Waals surface area contributed by atoms with E-state index in [1.165, 1.54) is 44.6 Å². The Morgan fingerprint density at radius 1 is 1.05 bits per heavy atom. The Kier molecular flexibility index (Phi) is 6.47. The molecular formula is C18H26F2O2. The van der Waals surface area contributed by atoms with Crippen LogP contribution in [0.5, 0.6) is 11.5 Å². The first kappa shape index (κ1) is 17.0. The molecule has 22 heavy (non-hydrogen) atoms. The van der Waals surface area contributed by atoms with Gasteiger partial charge in [-0.25, -0.2) is 0 Å². The van der Waals surface area contributed by atoms with Crippen molar-refractivity contribution in [3.05, 3.63) is 23.8 Å². The van der Waals surface area contributed by atoms with Crippen molar-refractivity contribution in [1.29, 1.82) is 0 Å². The maximum absolute atomic E-state index is 13.6. The molecule has 1 aromatic carbocycles. The van der Waals surface area contributed by atoms with Crippen molar-refractivity contribution < 1.29 is 18.6 Å². The average molecular weight is 312 g/mol. The molecule has 1 aromatic rings. The van der Waals surface area contributed by atoms with Crippen molar-refractivity contribution in [1.82, 2.24) is 0 Å². The predicted molar refractivity (Wildman–Crippen MR) is 83.1 cm³/mol. The largest absolute Gasteiger partial charge is 0.505 e. The molecule has 2 rings (SSSR count). The lowest BCUT2D eigenvalue weighted by Gasteiger charge is -2.28. The molecule has 2 nitrogen and oxygen atoms in total. The number of rotatable bonds is 7. The van der Waals surface area contributed by atoms with Crippen molar-refractivity contribution in [2.45, 2.75) is 58.3 Å². The van der Waals surface area contributed by atoms with E-state index >= 15 is 0 Å². The molecule has 0 heterocycles. The fourth-order valence-corrected chi connectivity index (χ4v) is 3.21. The standard InChI is InChI=1S/C18H26F2O2/c1-2-3-4-5-13-6-8-14(9-7-13)12-22-16-11-10-15(21)17(19)18(16)20/h10-11,13-14,21H,2-9,12H2,1H3. The van der Waals surface area contributed by atoms with Crippen LogP contribution in [0.4, 0.5) is 8.78 Å². The zero-order chi connectivity index (χ0) is 15.9. The van der Waals surface area contributed by atoms with Crippen LogP contribution in [0.25, 0.3) is 0 Å². The van der Waals surface area contributed by atoms with Crippen LogP contribution in [0.1, 0.15) is 58.3 Å². The Labute approximate surface area is 131 Å². The fourth-order valence-electron chi connectivity index (χ4n) is 3.21. The normalized spacial score (nSPS) is 21.8. The van der Waals surface area contributed by atoms with Gasteiger partial charge >= 0.3 is 0 Å². The lowest BCUT2D eigenvalue weighted by molar-refractivity contribution is 0.172. The molecule has 124 valence electrons. The van der Waals surface area contributed by atoms with Gasteiger partial charge in [-0.15, -0.1) is 0 Å². The highest BCUT2D eigenvalue weighted by Gasteiger charge is 2.22. The topological polar surface area (TPSA) is 29.5 Å². The molecule has 1 N–H and O–H groups in total. The van der Waals surface area contributed by atoms with Crippen molar-refractivity contribution in [2.24, 2.45) is 11.8 Å². The van der Waals surface area contributed by atoms with E-state index in [0.717, 1.165) is 24.8 Å². The number of halogens is 2. The summed E-state index contributed by atoms with van der Waals surface area (Å²) >= 11 is 0. The molecule has 0 saturated heterocycles. The number of benzene rings is 1. The first-order valence-corrected chi connectivity index (χ1v) is 8.41. The van der Waals surface area contributed by atoms with Crippen molar-refractivity contribution >= 4 is 0 Å². The number of phenols is 1. The highest BCUT2D eigenvalue weighted by atomic mass is 19.2. The van der Waals surface area contributed by atoms with Gasteiger partial charge in [0, 0.05) is 0 Å². The van der Waals surface area contributed by atoms with E-state index in [0.29, 0.717) is 12.5 Å². The third-order valence-electron chi connectivity index (χ3n) is 4.68. The van der Waals surface area contributed by atoms with Gasteiger partial charge < -0.3 is 9.84 Å². The number of aromatic hydroxyl groups is 1. The van der Waals surface area contributed by atoms with Crippen LogP contribution in [0.3, 0.4) is 0 Å². The zero-order valence-electron chi connectivity index (χ0n) is 13.3. The summed E-state index contributed by atoms with van der Waals surface area (Å²) < 4.78 is 32.3. The van der Waals surface area contributed by atoms with Crippen LogP contribution in [0, 0.1) is 23.5 Å². The maximum Gasteiger partial charge on any atom is 0.204 e. The first-order chi connectivity index (χ1) is 10.6. The first-order valence-electron chi connectivity index (χ1n) is 8.41. The van der Waals surface area contributed by atoms with Gasteiger partial charge in [0.25, 0.3) is 0 Å². The molecule has 0 amide bonds. The van der Waals surface area contributed by atoms with E-state index in [4.69, 9.17) is 9.84 Å². The van der Waals surface area contributed by atoms with Gasteiger partial charge in [0.2, 0.25) is 11.6 Å². The van der Waals surface area contributed by atoms with Gasteiger partial charge in [0.1, 0.15) is 0 Å². The number of hydrogen-bond donors (Lipinski definition) is 1. The average Bonchev–Trinajstić information content (AvgIpc) is 2.53. The van der Waals surface area contributed by atoms with Crippen LogP contribution in [-0.2, 0) is 0 Å². The summed E-state index contributed by atoms with van der Waals surface area (Å²) in [7, 11) is 0. The molecule has 1 fully saturated rings. The third kappa shape index (κ3) is 4.59. The summed E-state index contributed by atoms with van der Waals surface area (Å²) in [5.41, 5.74) is 0. The Hall–Kier alpha value is -1.32. The van der Waals surface area contributed by atoms with Crippen LogP contribution < -0.4 is 4.74 Å². The minimum atomic E-state index is -1.24. The molecule has 0 unspecified atom stereocenters. The predicted octanol–water partition coefficient (Wildman–Crippen LogP) is 5.44. The minimum Gasteiger partial charge on any atom is -0.505 e. The molecule has 0 radical (unpaired) electrons. The molecule has 0 spiro atoms. The lowest BCUT2D eigenvalue weighted by Crippen LogP contribution is -2.20. The van der Waals surface area contributed by atoms with Crippen molar-refractivity contribution in [3.8, 4) is 11.5 Å². The van der Waals surface area contributed by atoms with Crippen molar-refractivity contribution in [2.75, 3.05) is 6.61 Å². The van der Waals surface area contributed by atoms with E-state index in [-0.39, 0.29) is 5.75 Å². The summed E-state index contributed by atoms with van der Waals surface area (Å²) in [5, 5.41) is 9.09. The Morgan fingerprint density at radius 2 is 1.73 bits per heavy atom. The van der Waals surface area contributed by atoms with Gasteiger partial charge in [0.05, 0.1) is 6.61 Å². The summed E-state index contributed by atoms with van der Waals surface area (Å²) in [5.74, 6) is -1.90. The van der Waals surface area contributed by atoms with Crippen LogP contribution in [0.15, 0.2) is 12.1 Å². The molecule has 4 heteroatoms. The number of hydrogen-bond acceptors (Lipinski definition) is 2. The number of phenolic OH excluding ortho intramolecular Hbond substituents is 1.